The van der Waals surface area contributed by atoms with Gasteiger partial charge in [-0.15, -0.1) is 0 Å². The maximum absolute atomic E-state index is 6.30. The molecule has 2 aromatic rings. The Morgan fingerprint density at radius 3 is 2.33 bits per heavy atom. The van der Waals surface area contributed by atoms with Gasteiger partial charge in [-0.05, 0) is 42.7 Å². The molecule has 0 bridgehead atoms. The number of aryl methyl sites for hydroxylation is 2. The largest absolute Gasteiger partial charge is 0.320 e. The van der Waals surface area contributed by atoms with Crippen molar-refractivity contribution in [3.05, 3.63) is 68.7 Å². The van der Waals surface area contributed by atoms with E-state index in [1.807, 2.05) is 12.1 Å². The predicted octanol–water partition coefficient (Wildman–Crippen LogP) is 4.66. The summed E-state index contributed by atoms with van der Waals surface area (Å²) >= 11 is 11.9. The number of hydrogen-bond acceptors (Lipinski definition) is 1. The van der Waals surface area contributed by atoms with Gasteiger partial charge in [0.2, 0.25) is 0 Å². The highest BCUT2D eigenvalue weighted by molar-refractivity contribution is 6.42. The normalized spacial score (nSPS) is 12.5. The lowest BCUT2D eigenvalue weighted by Crippen LogP contribution is -2.13. The molecule has 18 heavy (non-hydrogen) atoms. The number of hydrogen-bond donors (Lipinski definition) is 1. The van der Waals surface area contributed by atoms with E-state index in [0.29, 0.717) is 10.0 Å². The standard InChI is InChI=1S/C15H15Cl2N/c1-9-3-4-10(2)12(7-9)15(18)11-5-6-13(16)14(17)8-11/h3-8,15H,18H2,1-2H3. The Bertz CT molecular complexity index is 579. The van der Waals surface area contributed by atoms with Crippen molar-refractivity contribution in [2.45, 2.75) is 19.9 Å². The molecule has 1 nitrogen and oxygen atoms in total. The molecule has 0 aliphatic heterocycles. The fourth-order valence-electron chi connectivity index (χ4n) is 1.98. The van der Waals surface area contributed by atoms with Crippen LogP contribution in [0.5, 0.6) is 0 Å². The maximum atomic E-state index is 6.30. The molecule has 0 aromatic heterocycles. The summed E-state index contributed by atoms with van der Waals surface area (Å²) in [5.41, 5.74) is 10.8. The number of halogens is 2. The summed E-state index contributed by atoms with van der Waals surface area (Å²) in [6, 6.07) is 11.6. The SMILES string of the molecule is Cc1ccc(C)c(C(N)c2ccc(Cl)c(Cl)c2)c1. The summed E-state index contributed by atoms with van der Waals surface area (Å²) in [6.45, 7) is 4.12. The Morgan fingerprint density at radius 1 is 0.944 bits per heavy atom. The molecule has 0 saturated carbocycles. The first-order chi connectivity index (χ1) is 8.49. The average Bonchev–Trinajstić information content (AvgIpc) is 2.35. The molecule has 0 radical (unpaired) electrons. The van der Waals surface area contributed by atoms with E-state index in [1.54, 1.807) is 6.07 Å². The molecular weight excluding hydrogens is 265 g/mol. The van der Waals surface area contributed by atoms with Crippen LogP contribution in [-0.4, -0.2) is 0 Å². The molecule has 2 N–H and O–H groups in total. The van der Waals surface area contributed by atoms with Crippen LogP contribution in [0.25, 0.3) is 0 Å². The van der Waals surface area contributed by atoms with Crippen molar-refractivity contribution in [1.82, 2.24) is 0 Å². The van der Waals surface area contributed by atoms with E-state index >= 15 is 0 Å². The lowest BCUT2D eigenvalue weighted by Gasteiger charge is -2.16. The molecule has 1 atom stereocenters. The van der Waals surface area contributed by atoms with E-state index in [1.165, 1.54) is 11.1 Å². The van der Waals surface area contributed by atoms with Gasteiger partial charge in [-0.25, -0.2) is 0 Å². The summed E-state index contributed by atoms with van der Waals surface area (Å²) in [4.78, 5) is 0. The van der Waals surface area contributed by atoms with Gasteiger partial charge in [0.25, 0.3) is 0 Å². The van der Waals surface area contributed by atoms with Crippen molar-refractivity contribution in [1.29, 1.82) is 0 Å². The van der Waals surface area contributed by atoms with Crippen LogP contribution in [0.15, 0.2) is 36.4 Å². The molecule has 0 saturated heterocycles. The highest BCUT2D eigenvalue weighted by Gasteiger charge is 2.12. The minimum absolute atomic E-state index is 0.181. The van der Waals surface area contributed by atoms with Crippen LogP contribution in [0.1, 0.15) is 28.3 Å². The zero-order valence-corrected chi connectivity index (χ0v) is 11.9. The Hall–Kier alpha value is -1.02. The third-order valence-corrected chi connectivity index (χ3v) is 3.81. The minimum atomic E-state index is -0.181. The fourth-order valence-corrected chi connectivity index (χ4v) is 2.29. The predicted molar refractivity (Wildman–Crippen MR) is 78.4 cm³/mol. The summed E-state index contributed by atoms with van der Waals surface area (Å²) < 4.78 is 0. The van der Waals surface area contributed by atoms with E-state index in [-0.39, 0.29) is 6.04 Å². The summed E-state index contributed by atoms with van der Waals surface area (Å²) in [6.07, 6.45) is 0. The number of rotatable bonds is 2. The zero-order valence-electron chi connectivity index (χ0n) is 10.4. The van der Waals surface area contributed by atoms with Crippen molar-refractivity contribution in [3.63, 3.8) is 0 Å². The molecule has 0 aliphatic rings. The quantitative estimate of drug-likeness (QED) is 0.850. The van der Waals surface area contributed by atoms with Gasteiger partial charge < -0.3 is 5.73 Å². The van der Waals surface area contributed by atoms with Crippen LogP contribution < -0.4 is 5.73 Å². The van der Waals surface area contributed by atoms with Gasteiger partial charge in [-0.3, -0.25) is 0 Å². The first-order valence-corrected chi connectivity index (χ1v) is 6.52. The van der Waals surface area contributed by atoms with Gasteiger partial charge in [0.15, 0.2) is 0 Å². The van der Waals surface area contributed by atoms with E-state index < -0.39 is 0 Å². The van der Waals surface area contributed by atoms with Gasteiger partial charge in [-0.1, -0.05) is 53.0 Å². The molecule has 2 aromatic carbocycles. The zero-order chi connectivity index (χ0) is 13.3. The van der Waals surface area contributed by atoms with Gasteiger partial charge in [0.05, 0.1) is 16.1 Å². The second kappa shape index (κ2) is 5.31. The van der Waals surface area contributed by atoms with E-state index in [9.17, 15) is 0 Å². The molecule has 0 heterocycles. The second-order valence-electron chi connectivity index (χ2n) is 4.51. The van der Waals surface area contributed by atoms with Crippen molar-refractivity contribution in [2.24, 2.45) is 5.73 Å². The van der Waals surface area contributed by atoms with Crippen LogP contribution in [0.2, 0.25) is 10.0 Å². The second-order valence-corrected chi connectivity index (χ2v) is 5.33. The van der Waals surface area contributed by atoms with Crippen LogP contribution in [0.3, 0.4) is 0 Å². The first kappa shape index (κ1) is 13.4. The van der Waals surface area contributed by atoms with E-state index in [0.717, 1.165) is 11.1 Å². The highest BCUT2D eigenvalue weighted by Crippen LogP contribution is 2.29. The molecule has 0 spiro atoms. The highest BCUT2D eigenvalue weighted by atomic mass is 35.5. The number of nitrogens with two attached hydrogens (primary N) is 1. The Kier molecular flexibility index (Phi) is 3.96. The molecule has 94 valence electrons. The summed E-state index contributed by atoms with van der Waals surface area (Å²) in [5.74, 6) is 0. The van der Waals surface area contributed by atoms with Crippen molar-refractivity contribution >= 4 is 23.2 Å². The third-order valence-electron chi connectivity index (χ3n) is 3.07. The van der Waals surface area contributed by atoms with E-state index in [4.69, 9.17) is 28.9 Å². The molecule has 0 amide bonds. The van der Waals surface area contributed by atoms with Crippen molar-refractivity contribution in [2.75, 3.05) is 0 Å². The molecule has 1 unspecified atom stereocenters. The Labute approximate surface area is 118 Å². The third kappa shape index (κ3) is 2.69. The van der Waals surface area contributed by atoms with Gasteiger partial charge in [0.1, 0.15) is 0 Å². The Morgan fingerprint density at radius 2 is 1.67 bits per heavy atom. The minimum Gasteiger partial charge on any atom is -0.320 e. The van der Waals surface area contributed by atoms with E-state index in [2.05, 4.69) is 32.0 Å². The fraction of sp³-hybridized carbons (Fsp3) is 0.200. The molecule has 3 heteroatoms. The van der Waals surface area contributed by atoms with Crippen LogP contribution in [0, 0.1) is 13.8 Å². The van der Waals surface area contributed by atoms with Gasteiger partial charge >= 0.3 is 0 Å². The molecule has 0 fully saturated rings. The maximum Gasteiger partial charge on any atom is 0.0595 e. The molecule has 2 rings (SSSR count). The summed E-state index contributed by atoms with van der Waals surface area (Å²) in [5, 5.41) is 1.09. The summed E-state index contributed by atoms with van der Waals surface area (Å²) in [7, 11) is 0. The lowest BCUT2D eigenvalue weighted by molar-refractivity contribution is 0.860. The number of benzene rings is 2. The lowest BCUT2D eigenvalue weighted by atomic mass is 9.94. The average molecular weight is 280 g/mol. The first-order valence-electron chi connectivity index (χ1n) is 5.76. The van der Waals surface area contributed by atoms with Crippen molar-refractivity contribution < 1.29 is 0 Å². The molecule has 0 aliphatic carbocycles. The van der Waals surface area contributed by atoms with Gasteiger partial charge in [-0.2, -0.15) is 0 Å². The van der Waals surface area contributed by atoms with Crippen molar-refractivity contribution in [3.8, 4) is 0 Å². The molecular formula is C15H15Cl2N. The van der Waals surface area contributed by atoms with Crippen LogP contribution >= 0.6 is 23.2 Å². The monoisotopic (exact) mass is 279 g/mol. The topological polar surface area (TPSA) is 26.0 Å². The smallest absolute Gasteiger partial charge is 0.0595 e. The van der Waals surface area contributed by atoms with Crippen LogP contribution in [-0.2, 0) is 0 Å². The Balaban J connectivity index is 2.44. The van der Waals surface area contributed by atoms with Gasteiger partial charge in [0, 0.05) is 0 Å². The van der Waals surface area contributed by atoms with Crippen LogP contribution in [0.4, 0.5) is 0 Å².